The monoisotopic (exact) mass is 197 g/mol. The first-order valence-electron chi connectivity index (χ1n) is 6.26. The SMILES string of the molecule is CC=CNCCCCCCCCCC. The summed E-state index contributed by atoms with van der Waals surface area (Å²) in [6, 6.07) is 0. The van der Waals surface area contributed by atoms with Gasteiger partial charge in [0.05, 0.1) is 0 Å². The van der Waals surface area contributed by atoms with Crippen LogP contribution in [0.3, 0.4) is 0 Å². The van der Waals surface area contributed by atoms with Crippen molar-refractivity contribution in [1.82, 2.24) is 5.32 Å². The third kappa shape index (κ3) is 11.5. The first-order chi connectivity index (χ1) is 6.91. The van der Waals surface area contributed by atoms with Gasteiger partial charge in [-0.15, -0.1) is 0 Å². The second-order valence-electron chi connectivity index (χ2n) is 3.93. The van der Waals surface area contributed by atoms with Gasteiger partial charge in [-0.05, 0) is 19.5 Å². The minimum Gasteiger partial charge on any atom is -0.391 e. The van der Waals surface area contributed by atoms with Gasteiger partial charge in [-0.1, -0.05) is 57.9 Å². The van der Waals surface area contributed by atoms with Crippen LogP contribution in [0, 0.1) is 0 Å². The molecule has 0 aromatic carbocycles. The van der Waals surface area contributed by atoms with Crippen LogP contribution in [-0.4, -0.2) is 6.54 Å². The maximum atomic E-state index is 3.27. The highest BCUT2D eigenvalue weighted by Crippen LogP contribution is 2.07. The van der Waals surface area contributed by atoms with E-state index in [1.165, 1.54) is 51.4 Å². The van der Waals surface area contributed by atoms with Gasteiger partial charge in [0, 0.05) is 6.54 Å². The van der Waals surface area contributed by atoms with E-state index >= 15 is 0 Å². The molecule has 0 spiro atoms. The van der Waals surface area contributed by atoms with Crippen LogP contribution in [0.15, 0.2) is 12.3 Å². The smallest absolute Gasteiger partial charge is 0.0141 e. The topological polar surface area (TPSA) is 12.0 Å². The maximum Gasteiger partial charge on any atom is 0.0141 e. The van der Waals surface area contributed by atoms with Gasteiger partial charge >= 0.3 is 0 Å². The zero-order valence-electron chi connectivity index (χ0n) is 10.0. The fourth-order valence-corrected chi connectivity index (χ4v) is 1.56. The van der Waals surface area contributed by atoms with Crippen molar-refractivity contribution in [2.75, 3.05) is 6.54 Å². The van der Waals surface area contributed by atoms with E-state index < -0.39 is 0 Å². The molecule has 0 atom stereocenters. The van der Waals surface area contributed by atoms with Gasteiger partial charge in [-0.2, -0.15) is 0 Å². The lowest BCUT2D eigenvalue weighted by Gasteiger charge is -2.01. The Morgan fingerprint density at radius 2 is 1.43 bits per heavy atom. The van der Waals surface area contributed by atoms with Crippen molar-refractivity contribution in [2.24, 2.45) is 0 Å². The van der Waals surface area contributed by atoms with E-state index in [2.05, 4.69) is 12.2 Å². The van der Waals surface area contributed by atoms with Crippen LogP contribution >= 0.6 is 0 Å². The van der Waals surface area contributed by atoms with E-state index in [1.54, 1.807) is 0 Å². The van der Waals surface area contributed by atoms with E-state index in [4.69, 9.17) is 0 Å². The summed E-state index contributed by atoms with van der Waals surface area (Å²) in [5, 5.41) is 3.27. The highest BCUT2D eigenvalue weighted by atomic mass is 14.8. The van der Waals surface area contributed by atoms with Gasteiger partial charge in [-0.3, -0.25) is 0 Å². The first-order valence-corrected chi connectivity index (χ1v) is 6.26. The molecule has 0 aliphatic rings. The molecule has 0 saturated carbocycles. The quantitative estimate of drug-likeness (QED) is 0.516. The van der Waals surface area contributed by atoms with Crippen LogP contribution in [0.25, 0.3) is 0 Å². The Morgan fingerprint density at radius 1 is 0.857 bits per heavy atom. The summed E-state index contributed by atoms with van der Waals surface area (Å²) >= 11 is 0. The van der Waals surface area contributed by atoms with Gasteiger partial charge in [0.1, 0.15) is 0 Å². The molecule has 1 heteroatoms. The van der Waals surface area contributed by atoms with Crippen LogP contribution in [0.2, 0.25) is 0 Å². The Morgan fingerprint density at radius 3 is 2.00 bits per heavy atom. The molecule has 0 amide bonds. The lowest BCUT2D eigenvalue weighted by molar-refractivity contribution is 0.570. The summed E-state index contributed by atoms with van der Waals surface area (Å²) in [5.41, 5.74) is 0. The minimum atomic E-state index is 1.14. The van der Waals surface area contributed by atoms with E-state index in [1.807, 2.05) is 19.2 Å². The Kier molecular flexibility index (Phi) is 12.1. The van der Waals surface area contributed by atoms with Crippen LogP contribution in [0.1, 0.15) is 65.2 Å². The molecule has 0 radical (unpaired) electrons. The standard InChI is InChI=1S/C13H27N/c1-3-5-6-7-8-9-10-11-13-14-12-4-2/h4,12,14H,3,5-11,13H2,1-2H3. The second-order valence-corrected chi connectivity index (χ2v) is 3.93. The molecule has 0 aromatic rings. The number of hydrogen-bond acceptors (Lipinski definition) is 1. The van der Waals surface area contributed by atoms with Crippen molar-refractivity contribution in [1.29, 1.82) is 0 Å². The largest absolute Gasteiger partial charge is 0.391 e. The Bertz CT molecular complexity index is 118. The van der Waals surface area contributed by atoms with Crippen molar-refractivity contribution in [3.05, 3.63) is 12.3 Å². The minimum absolute atomic E-state index is 1.14. The summed E-state index contributed by atoms with van der Waals surface area (Å²) in [7, 11) is 0. The zero-order valence-corrected chi connectivity index (χ0v) is 10.0. The third-order valence-electron chi connectivity index (χ3n) is 2.46. The molecule has 0 rings (SSSR count). The molecular weight excluding hydrogens is 170 g/mol. The fraction of sp³-hybridized carbons (Fsp3) is 0.846. The molecule has 0 aliphatic heterocycles. The van der Waals surface area contributed by atoms with Crippen molar-refractivity contribution in [3.63, 3.8) is 0 Å². The van der Waals surface area contributed by atoms with Gasteiger partial charge in [-0.25, -0.2) is 0 Å². The summed E-state index contributed by atoms with van der Waals surface area (Å²) in [5.74, 6) is 0. The molecule has 1 N–H and O–H groups in total. The normalized spacial score (nSPS) is 11.0. The molecule has 0 unspecified atom stereocenters. The average molecular weight is 197 g/mol. The first kappa shape index (κ1) is 13.5. The van der Waals surface area contributed by atoms with Gasteiger partial charge in [0.2, 0.25) is 0 Å². The Labute approximate surface area is 90.0 Å². The van der Waals surface area contributed by atoms with Gasteiger partial charge in [0.15, 0.2) is 0 Å². The zero-order chi connectivity index (χ0) is 10.5. The lowest BCUT2D eigenvalue weighted by atomic mass is 10.1. The molecule has 0 aliphatic carbocycles. The summed E-state index contributed by atoms with van der Waals surface area (Å²) in [6.07, 6.45) is 15.3. The summed E-state index contributed by atoms with van der Waals surface area (Å²) in [4.78, 5) is 0. The molecule has 14 heavy (non-hydrogen) atoms. The van der Waals surface area contributed by atoms with E-state index in [-0.39, 0.29) is 0 Å². The van der Waals surface area contributed by atoms with E-state index in [0.29, 0.717) is 0 Å². The van der Waals surface area contributed by atoms with Crippen LogP contribution in [0.5, 0.6) is 0 Å². The molecule has 0 aromatic heterocycles. The predicted molar refractivity (Wildman–Crippen MR) is 65.4 cm³/mol. The number of unbranched alkanes of at least 4 members (excludes halogenated alkanes) is 7. The van der Waals surface area contributed by atoms with Crippen molar-refractivity contribution in [3.8, 4) is 0 Å². The molecular formula is C13H27N. The molecule has 1 nitrogen and oxygen atoms in total. The summed E-state index contributed by atoms with van der Waals surface area (Å²) < 4.78 is 0. The van der Waals surface area contributed by atoms with Crippen molar-refractivity contribution >= 4 is 0 Å². The Balaban J connectivity index is 2.85. The van der Waals surface area contributed by atoms with Gasteiger partial charge in [0.25, 0.3) is 0 Å². The Hall–Kier alpha value is -0.460. The number of nitrogens with one attached hydrogen (secondary N) is 1. The predicted octanol–water partition coefficient (Wildman–Crippen LogP) is 4.25. The van der Waals surface area contributed by atoms with Crippen LogP contribution < -0.4 is 5.32 Å². The summed E-state index contributed by atoms with van der Waals surface area (Å²) in [6.45, 7) is 5.45. The molecule has 0 fully saturated rings. The number of allylic oxidation sites excluding steroid dienone is 1. The molecule has 0 saturated heterocycles. The number of rotatable bonds is 10. The second kappa shape index (κ2) is 12.5. The van der Waals surface area contributed by atoms with Crippen molar-refractivity contribution in [2.45, 2.75) is 65.2 Å². The van der Waals surface area contributed by atoms with Gasteiger partial charge < -0.3 is 5.32 Å². The molecule has 0 heterocycles. The third-order valence-corrected chi connectivity index (χ3v) is 2.46. The maximum absolute atomic E-state index is 3.27. The average Bonchev–Trinajstić information content (AvgIpc) is 2.21. The number of hydrogen-bond donors (Lipinski definition) is 1. The van der Waals surface area contributed by atoms with Crippen LogP contribution in [-0.2, 0) is 0 Å². The highest BCUT2D eigenvalue weighted by Gasteiger charge is 1.90. The highest BCUT2D eigenvalue weighted by molar-refractivity contribution is 4.73. The fourth-order valence-electron chi connectivity index (χ4n) is 1.56. The molecule has 84 valence electrons. The molecule has 0 bridgehead atoms. The van der Waals surface area contributed by atoms with Crippen molar-refractivity contribution < 1.29 is 0 Å². The van der Waals surface area contributed by atoms with Crippen LogP contribution in [0.4, 0.5) is 0 Å². The van der Waals surface area contributed by atoms with E-state index in [9.17, 15) is 0 Å². The lowest BCUT2D eigenvalue weighted by Crippen LogP contribution is -2.05. The van der Waals surface area contributed by atoms with E-state index in [0.717, 1.165) is 6.54 Å².